The maximum Gasteiger partial charge on any atom is 0.335 e. The van der Waals surface area contributed by atoms with Crippen LogP contribution in [0.1, 0.15) is 16.8 Å². The highest BCUT2D eigenvalue weighted by atomic mass is 16.4. The first-order valence-electron chi connectivity index (χ1n) is 5.16. The summed E-state index contributed by atoms with van der Waals surface area (Å²) in [5, 5.41) is 20.6. The van der Waals surface area contributed by atoms with Gasteiger partial charge in [-0.25, -0.2) is 9.59 Å². The topological polar surface area (TPSA) is 107 Å². The molecule has 1 aromatic rings. The summed E-state index contributed by atoms with van der Waals surface area (Å²) in [6.07, 6.45) is 0.0997. The third-order valence-corrected chi connectivity index (χ3v) is 2.57. The molecule has 1 aliphatic rings. The fraction of sp³-hybridized carbons (Fsp3) is 0.182. The average molecular weight is 250 g/mol. The molecule has 1 fully saturated rings. The zero-order valence-corrected chi connectivity index (χ0v) is 9.21. The second-order valence-corrected chi connectivity index (χ2v) is 3.76. The van der Waals surface area contributed by atoms with Gasteiger partial charge in [0, 0.05) is 13.0 Å². The average Bonchev–Trinajstić information content (AvgIpc) is 2.30. The summed E-state index contributed by atoms with van der Waals surface area (Å²) in [6, 6.07) is 2.94. The van der Waals surface area contributed by atoms with E-state index in [1.165, 1.54) is 18.2 Å². The minimum atomic E-state index is -1.16. The van der Waals surface area contributed by atoms with E-state index in [0.717, 1.165) is 4.90 Å². The standard InChI is InChI=1S/C11H10N2O5/c14-8-2-1-6(10(16)17)5-7(8)13-4-3-9(15)12-11(13)18/h1-2,5,14H,3-4H2,(H,16,17)(H,12,15,18). The van der Waals surface area contributed by atoms with Crippen molar-refractivity contribution in [1.82, 2.24) is 5.32 Å². The molecule has 1 aromatic carbocycles. The number of carbonyl (C=O) groups is 3. The maximum atomic E-state index is 11.6. The van der Waals surface area contributed by atoms with Gasteiger partial charge in [0.2, 0.25) is 5.91 Å². The van der Waals surface area contributed by atoms with Gasteiger partial charge in [0.15, 0.2) is 0 Å². The van der Waals surface area contributed by atoms with E-state index >= 15 is 0 Å². The van der Waals surface area contributed by atoms with E-state index in [4.69, 9.17) is 5.11 Å². The van der Waals surface area contributed by atoms with E-state index in [9.17, 15) is 19.5 Å². The maximum absolute atomic E-state index is 11.6. The van der Waals surface area contributed by atoms with Gasteiger partial charge in [-0.3, -0.25) is 15.0 Å². The lowest BCUT2D eigenvalue weighted by Crippen LogP contribution is -2.49. The van der Waals surface area contributed by atoms with Gasteiger partial charge in [0.25, 0.3) is 0 Å². The molecule has 18 heavy (non-hydrogen) atoms. The number of carbonyl (C=O) groups excluding carboxylic acids is 2. The van der Waals surface area contributed by atoms with E-state index in [2.05, 4.69) is 5.32 Å². The van der Waals surface area contributed by atoms with Crippen LogP contribution in [0.15, 0.2) is 18.2 Å². The normalized spacial score (nSPS) is 15.4. The van der Waals surface area contributed by atoms with Crippen LogP contribution in [-0.2, 0) is 4.79 Å². The van der Waals surface area contributed by atoms with Crippen molar-refractivity contribution in [2.24, 2.45) is 0 Å². The lowest BCUT2D eigenvalue weighted by Gasteiger charge is -2.27. The number of aromatic hydroxyl groups is 1. The van der Waals surface area contributed by atoms with Gasteiger partial charge < -0.3 is 10.2 Å². The molecule has 3 amide bonds. The highest BCUT2D eigenvalue weighted by Crippen LogP contribution is 2.29. The quantitative estimate of drug-likeness (QED) is 0.710. The monoisotopic (exact) mass is 250 g/mol. The number of nitrogens with one attached hydrogen (secondary N) is 1. The van der Waals surface area contributed by atoms with Crippen molar-refractivity contribution >= 4 is 23.6 Å². The first kappa shape index (κ1) is 11.9. The molecule has 0 radical (unpaired) electrons. The molecule has 3 N–H and O–H groups in total. The van der Waals surface area contributed by atoms with Gasteiger partial charge in [0.1, 0.15) is 5.75 Å². The van der Waals surface area contributed by atoms with E-state index in [0.29, 0.717) is 0 Å². The van der Waals surface area contributed by atoms with Gasteiger partial charge in [-0.15, -0.1) is 0 Å². The number of anilines is 1. The lowest BCUT2D eigenvalue weighted by atomic mass is 10.1. The first-order valence-corrected chi connectivity index (χ1v) is 5.16. The third-order valence-electron chi connectivity index (χ3n) is 2.57. The molecule has 1 saturated heterocycles. The number of hydrogen-bond acceptors (Lipinski definition) is 4. The Morgan fingerprint density at radius 2 is 2.06 bits per heavy atom. The Hall–Kier alpha value is -2.57. The molecular weight excluding hydrogens is 240 g/mol. The second-order valence-electron chi connectivity index (χ2n) is 3.76. The zero-order valence-electron chi connectivity index (χ0n) is 9.21. The van der Waals surface area contributed by atoms with E-state index in [1.54, 1.807) is 0 Å². The summed E-state index contributed by atoms with van der Waals surface area (Å²) in [5.41, 5.74) is 0.0207. The summed E-state index contributed by atoms with van der Waals surface area (Å²) in [4.78, 5) is 34.5. The predicted octanol–water partition coefficient (Wildman–Crippen LogP) is 0.537. The van der Waals surface area contributed by atoms with Crippen LogP contribution in [0.25, 0.3) is 0 Å². The Labute approximate surface area is 102 Å². The summed E-state index contributed by atoms with van der Waals surface area (Å²) < 4.78 is 0. The Balaban J connectivity index is 2.38. The molecule has 1 heterocycles. The fourth-order valence-electron chi connectivity index (χ4n) is 1.67. The molecule has 7 nitrogen and oxygen atoms in total. The summed E-state index contributed by atoms with van der Waals surface area (Å²) in [7, 11) is 0. The predicted molar refractivity (Wildman–Crippen MR) is 60.6 cm³/mol. The largest absolute Gasteiger partial charge is 0.506 e. The number of benzene rings is 1. The fourth-order valence-corrected chi connectivity index (χ4v) is 1.67. The number of urea groups is 1. The van der Waals surface area contributed by atoms with E-state index < -0.39 is 17.9 Å². The van der Waals surface area contributed by atoms with Crippen molar-refractivity contribution < 1.29 is 24.6 Å². The first-order chi connectivity index (χ1) is 8.49. The molecule has 0 aromatic heterocycles. The van der Waals surface area contributed by atoms with Crippen molar-refractivity contribution in [1.29, 1.82) is 0 Å². The number of nitrogens with zero attached hydrogens (tertiary/aromatic N) is 1. The number of carboxylic acids is 1. The number of phenolic OH excluding ortho intramolecular Hbond substituents is 1. The van der Waals surface area contributed by atoms with Gasteiger partial charge >= 0.3 is 12.0 Å². The molecule has 94 valence electrons. The van der Waals surface area contributed by atoms with Crippen molar-refractivity contribution in [3.05, 3.63) is 23.8 Å². The highest BCUT2D eigenvalue weighted by molar-refractivity contribution is 6.06. The molecule has 0 bridgehead atoms. The smallest absolute Gasteiger partial charge is 0.335 e. The second kappa shape index (κ2) is 4.36. The molecular formula is C11H10N2O5. The minimum Gasteiger partial charge on any atom is -0.506 e. The molecule has 0 spiro atoms. The third kappa shape index (κ3) is 2.10. The van der Waals surface area contributed by atoms with Gasteiger partial charge in [-0.05, 0) is 18.2 Å². The number of aromatic carboxylic acids is 1. The number of imide groups is 1. The van der Waals surface area contributed by atoms with Crippen LogP contribution in [0, 0.1) is 0 Å². The number of amides is 3. The summed E-state index contributed by atoms with van der Waals surface area (Å²) in [6.45, 7) is 0.0985. The van der Waals surface area contributed by atoms with Crippen LogP contribution in [0.5, 0.6) is 5.75 Å². The van der Waals surface area contributed by atoms with Gasteiger partial charge in [0.05, 0.1) is 11.3 Å². The molecule has 0 saturated carbocycles. The highest BCUT2D eigenvalue weighted by Gasteiger charge is 2.26. The van der Waals surface area contributed by atoms with Crippen LogP contribution in [0.2, 0.25) is 0 Å². The molecule has 1 aliphatic heterocycles. The van der Waals surface area contributed by atoms with Crippen LogP contribution < -0.4 is 10.2 Å². The molecule has 7 heteroatoms. The Morgan fingerprint density at radius 3 is 2.67 bits per heavy atom. The molecule has 2 rings (SSSR count). The Kier molecular flexibility index (Phi) is 2.88. The van der Waals surface area contributed by atoms with Gasteiger partial charge in [-0.1, -0.05) is 0 Å². The van der Waals surface area contributed by atoms with Crippen LogP contribution in [0.4, 0.5) is 10.5 Å². The number of phenols is 1. The molecule has 0 aliphatic carbocycles. The van der Waals surface area contributed by atoms with Crippen LogP contribution >= 0.6 is 0 Å². The van der Waals surface area contributed by atoms with Crippen molar-refractivity contribution in [2.75, 3.05) is 11.4 Å². The number of hydrogen-bond donors (Lipinski definition) is 3. The van der Waals surface area contributed by atoms with E-state index in [1.807, 2.05) is 0 Å². The Morgan fingerprint density at radius 1 is 1.33 bits per heavy atom. The lowest BCUT2D eigenvalue weighted by molar-refractivity contribution is -0.120. The van der Waals surface area contributed by atoms with Gasteiger partial charge in [-0.2, -0.15) is 0 Å². The van der Waals surface area contributed by atoms with Crippen LogP contribution in [-0.4, -0.2) is 34.7 Å². The molecule has 0 unspecified atom stereocenters. The van der Waals surface area contributed by atoms with E-state index in [-0.39, 0.29) is 30.0 Å². The van der Waals surface area contributed by atoms with Crippen LogP contribution in [0.3, 0.4) is 0 Å². The molecule has 0 atom stereocenters. The summed E-state index contributed by atoms with van der Waals surface area (Å²) in [5.74, 6) is -1.78. The van der Waals surface area contributed by atoms with Crippen molar-refractivity contribution in [2.45, 2.75) is 6.42 Å². The Bertz CT molecular complexity index is 540. The number of rotatable bonds is 2. The minimum absolute atomic E-state index is 0.0486. The number of carboxylic acid groups (broad SMARTS) is 1. The van der Waals surface area contributed by atoms with Crippen molar-refractivity contribution in [3.8, 4) is 5.75 Å². The SMILES string of the molecule is O=C1CCN(c2cc(C(=O)O)ccc2O)C(=O)N1. The van der Waals surface area contributed by atoms with Crippen molar-refractivity contribution in [3.63, 3.8) is 0 Å². The summed E-state index contributed by atoms with van der Waals surface area (Å²) >= 11 is 0. The zero-order chi connectivity index (χ0) is 13.3.